The number of ketones is 1. The summed E-state index contributed by atoms with van der Waals surface area (Å²) in [6.07, 6.45) is 3.99. The number of hydrogen-bond donors (Lipinski definition) is 0. The molecule has 0 spiro atoms. The second kappa shape index (κ2) is 7.71. The molecule has 0 fully saturated rings. The molecule has 114 valence electrons. The first kappa shape index (κ1) is 16.2. The van der Waals surface area contributed by atoms with Crippen molar-refractivity contribution in [2.75, 3.05) is 13.1 Å². The van der Waals surface area contributed by atoms with Crippen LogP contribution in [0.3, 0.4) is 0 Å². The number of likely N-dealkylation sites (N-methyl/N-ethyl adjacent to an activating group) is 1. The lowest BCUT2D eigenvalue weighted by Gasteiger charge is -2.18. The van der Waals surface area contributed by atoms with Crippen molar-refractivity contribution < 1.29 is 9.59 Å². The van der Waals surface area contributed by atoms with E-state index in [0.29, 0.717) is 22.8 Å². The summed E-state index contributed by atoms with van der Waals surface area (Å²) in [5.74, 6) is -0.0335. The first-order valence-corrected chi connectivity index (χ1v) is 8.05. The molecule has 2 aromatic rings. The Kier molecular flexibility index (Phi) is 5.67. The van der Waals surface area contributed by atoms with E-state index in [0.717, 1.165) is 5.56 Å². The highest BCUT2D eigenvalue weighted by molar-refractivity contribution is 7.15. The molecule has 2 rings (SSSR count). The normalized spacial score (nSPS) is 10.8. The van der Waals surface area contributed by atoms with Crippen molar-refractivity contribution in [3.05, 3.63) is 63.9 Å². The minimum Gasteiger partial charge on any atom is -0.334 e. The SMILES string of the molecule is CCN(CC=Cc1ccccc1)C(=O)c1ccc(C(C)=O)s1. The smallest absolute Gasteiger partial charge is 0.264 e. The van der Waals surface area contributed by atoms with Gasteiger partial charge in [-0.05, 0) is 31.5 Å². The molecule has 1 amide bonds. The molecule has 0 atom stereocenters. The molecular formula is C18H19NO2S. The zero-order chi connectivity index (χ0) is 15.9. The predicted molar refractivity (Wildman–Crippen MR) is 91.4 cm³/mol. The van der Waals surface area contributed by atoms with Gasteiger partial charge in [-0.1, -0.05) is 42.5 Å². The largest absolute Gasteiger partial charge is 0.334 e. The second-order valence-electron chi connectivity index (χ2n) is 4.88. The molecule has 1 aromatic heterocycles. The van der Waals surface area contributed by atoms with Crippen molar-refractivity contribution in [1.29, 1.82) is 0 Å². The van der Waals surface area contributed by atoms with Gasteiger partial charge in [-0.3, -0.25) is 9.59 Å². The van der Waals surface area contributed by atoms with Crippen molar-refractivity contribution in [1.82, 2.24) is 4.90 Å². The zero-order valence-corrected chi connectivity index (χ0v) is 13.6. The predicted octanol–water partition coefficient (Wildman–Crippen LogP) is 4.13. The van der Waals surface area contributed by atoms with Crippen molar-refractivity contribution in [2.24, 2.45) is 0 Å². The lowest BCUT2D eigenvalue weighted by atomic mass is 10.2. The van der Waals surface area contributed by atoms with Crippen LogP contribution >= 0.6 is 11.3 Å². The molecule has 0 saturated heterocycles. The summed E-state index contributed by atoms with van der Waals surface area (Å²) in [5.41, 5.74) is 1.11. The first-order chi connectivity index (χ1) is 10.6. The van der Waals surface area contributed by atoms with Gasteiger partial charge < -0.3 is 4.90 Å². The van der Waals surface area contributed by atoms with Crippen LogP contribution < -0.4 is 0 Å². The molecule has 1 heterocycles. The van der Waals surface area contributed by atoms with Crippen LogP contribution in [0, 0.1) is 0 Å². The number of carbonyl (C=O) groups excluding carboxylic acids is 2. The van der Waals surface area contributed by atoms with Crippen LogP contribution in [0.2, 0.25) is 0 Å². The van der Waals surface area contributed by atoms with E-state index in [-0.39, 0.29) is 11.7 Å². The third-order valence-electron chi connectivity index (χ3n) is 3.27. The number of carbonyl (C=O) groups is 2. The Bertz CT molecular complexity index is 673. The summed E-state index contributed by atoms with van der Waals surface area (Å²) in [5, 5.41) is 0. The quantitative estimate of drug-likeness (QED) is 0.752. The van der Waals surface area contributed by atoms with Crippen molar-refractivity contribution in [3.63, 3.8) is 0 Å². The van der Waals surface area contributed by atoms with Crippen molar-refractivity contribution in [3.8, 4) is 0 Å². The minimum absolute atomic E-state index is 0.00364. The number of Topliss-reactive ketones (excluding diaryl/α,β-unsaturated/α-hetero) is 1. The van der Waals surface area contributed by atoms with Crippen LogP contribution in [0.1, 0.15) is 38.8 Å². The van der Waals surface area contributed by atoms with Gasteiger partial charge >= 0.3 is 0 Å². The van der Waals surface area contributed by atoms with Crippen LogP contribution in [-0.2, 0) is 0 Å². The number of amides is 1. The Labute approximate surface area is 134 Å². The molecule has 4 heteroatoms. The Morgan fingerprint density at radius 2 is 1.77 bits per heavy atom. The molecule has 0 radical (unpaired) electrons. The molecular weight excluding hydrogens is 294 g/mol. The Balaban J connectivity index is 2.02. The summed E-state index contributed by atoms with van der Waals surface area (Å²) in [4.78, 5) is 26.8. The molecule has 0 unspecified atom stereocenters. The van der Waals surface area contributed by atoms with E-state index in [1.807, 2.05) is 49.4 Å². The maximum atomic E-state index is 12.4. The van der Waals surface area contributed by atoms with Crippen LogP contribution in [-0.4, -0.2) is 29.7 Å². The second-order valence-corrected chi connectivity index (χ2v) is 5.96. The number of rotatable bonds is 6. The standard InChI is InChI=1S/C18H19NO2S/c1-3-19(13-7-10-15-8-5-4-6-9-15)18(21)17-12-11-16(22-17)14(2)20/h4-12H,3,13H2,1-2H3. The van der Waals surface area contributed by atoms with E-state index in [4.69, 9.17) is 0 Å². The van der Waals surface area contributed by atoms with Gasteiger partial charge in [0.05, 0.1) is 9.75 Å². The van der Waals surface area contributed by atoms with Gasteiger partial charge in [0.15, 0.2) is 5.78 Å². The van der Waals surface area contributed by atoms with Gasteiger partial charge in [0.25, 0.3) is 5.91 Å². The third kappa shape index (κ3) is 4.15. The van der Waals surface area contributed by atoms with Gasteiger partial charge in [0.2, 0.25) is 0 Å². The summed E-state index contributed by atoms with van der Waals surface area (Å²) < 4.78 is 0. The topological polar surface area (TPSA) is 37.4 Å². The average Bonchev–Trinajstić information content (AvgIpc) is 3.02. The molecule has 3 nitrogen and oxygen atoms in total. The highest BCUT2D eigenvalue weighted by Gasteiger charge is 2.16. The highest BCUT2D eigenvalue weighted by Crippen LogP contribution is 2.19. The van der Waals surface area contributed by atoms with E-state index < -0.39 is 0 Å². The fourth-order valence-electron chi connectivity index (χ4n) is 2.03. The summed E-state index contributed by atoms with van der Waals surface area (Å²) in [6.45, 7) is 4.65. The molecule has 0 aliphatic heterocycles. The zero-order valence-electron chi connectivity index (χ0n) is 12.8. The van der Waals surface area contributed by atoms with E-state index in [9.17, 15) is 9.59 Å². The van der Waals surface area contributed by atoms with E-state index in [1.54, 1.807) is 17.0 Å². The average molecular weight is 313 g/mol. The lowest BCUT2D eigenvalue weighted by molar-refractivity contribution is 0.0787. The summed E-state index contributed by atoms with van der Waals surface area (Å²) >= 11 is 1.26. The molecule has 0 N–H and O–H groups in total. The van der Waals surface area contributed by atoms with Crippen LogP contribution in [0.4, 0.5) is 0 Å². The summed E-state index contributed by atoms with van der Waals surface area (Å²) in [6, 6.07) is 13.4. The molecule has 22 heavy (non-hydrogen) atoms. The molecule has 0 saturated carbocycles. The fourth-order valence-corrected chi connectivity index (χ4v) is 2.90. The van der Waals surface area contributed by atoms with Crippen molar-refractivity contribution in [2.45, 2.75) is 13.8 Å². The van der Waals surface area contributed by atoms with Crippen molar-refractivity contribution >= 4 is 29.1 Å². The maximum absolute atomic E-state index is 12.4. The van der Waals surface area contributed by atoms with Gasteiger partial charge in [-0.15, -0.1) is 11.3 Å². The maximum Gasteiger partial charge on any atom is 0.264 e. The highest BCUT2D eigenvalue weighted by atomic mass is 32.1. The van der Waals surface area contributed by atoms with Crippen LogP contribution in [0.15, 0.2) is 48.5 Å². The Morgan fingerprint density at radius 1 is 1.09 bits per heavy atom. The number of benzene rings is 1. The molecule has 0 bridgehead atoms. The first-order valence-electron chi connectivity index (χ1n) is 7.23. The van der Waals surface area contributed by atoms with Gasteiger partial charge in [-0.25, -0.2) is 0 Å². The molecule has 1 aromatic carbocycles. The van der Waals surface area contributed by atoms with Gasteiger partial charge in [0, 0.05) is 13.1 Å². The Hall–Kier alpha value is -2.20. The number of hydrogen-bond acceptors (Lipinski definition) is 3. The number of thiophene rings is 1. The Morgan fingerprint density at radius 3 is 2.36 bits per heavy atom. The monoisotopic (exact) mass is 313 g/mol. The van der Waals surface area contributed by atoms with Crippen LogP contribution in [0.25, 0.3) is 6.08 Å². The molecule has 0 aliphatic carbocycles. The number of nitrogens with zero attached hydrogens (tertiary/aromatic N) is 1. The lowest BCUT2D eigenvalue weighted by Crippen LogP contribution is -2.30. The minimum atomic E-state index is -0.0299. The van der Waals surface area contributed by atoms with Gasteiger partial charge in [0.1, 0.15) is 0 Å². The summed E-state index contributed by atoms with van der Waals surface area (Å²) in [7, 11) is 0. The van der Waals surface area contributed by atoms with E-state index >= 15 is 0 Å². The molecule has 0 aliphatic rings. The fraction of sp³-hybridized carbons (Fsp3) is 0.222. The van der Waals surface area contributed by atoms with E-state index in [1.165, 1.54) is 18.3 Å². The third-order valence-corrected chi connectivity index (χ3v) is 4.44. The van der Waals surface area contributed by atoms with Gasteiger partial charge in [-0.2, -0.15) is 0 Å². The van der Waals surface area contributed by atoms with E-state index in [2.05, 4.69) is 0 Å². The van der Waals surface area contributed by atoms with Crippen LogP contribution in [0.5, 0.6) is 0 Å².